The summed E-state index contributed by atoms with van der Waals surface area (Å²) in [6.45, 7) is 2.40. The number of hydrogen-bond acceptors (Lipinski definition) is 3. The second kappa shape index (κ2) is 6.16. The van der Waals surface area contributed by atoms with Crippen molar-refractivity contribution in [3.8, 4) is 0 Å². The van der Waals surface area contributed by atoms with E-state index in [-0.39, 0.29) is 12.4 Å². The molecule has 1 saturated heterocycles. The molecule has 0 unspecified atom stereocenters. The van der Waals surface area contributed by atoms with Crippen LogP contribution in [0.1, 0.15) is 18.4 Å². The van der Waals surface area contributed by atoms with E-state index in [0.29, 0.717) is 17.2 Å². The lowest BCUT2D eigenvalue weighted by atomic mass is 9.97. The molecule has 1 N–H and O–H groups in total. The average molecular weight is 253 g/mol. The molecular formula is C14H20FNO2. The van der Waals surface area contributed by atoms with E-state index in [1.165, 1.54) is 6.07 Å². The standard InChI is InChI=1S/C14H20FNO2/c1-18-10-11-4-6-16(7-5-11)14-3-2-12(9-17)8-13(14)15/h2-3,8,11,17H,4-7,9-10H2,1H3. The van der Waals surface area contributed by atoms with Gasteiger partial charge in [0, 0.05) is 26.8 Å². The highest BCUT2D eigenvalue weighted by Gasteiger charge is 2.21. The molecule has 1 heterocycles. The quantitative estimate of drug-likeness (QED) is 0.892. The summed E-state index contributed by atoms with van der Waals surface area (Å²) in [6, 6.07) is 4.95. The van der Waals surface area contributed by atoms with Crippen molar-refractivity contribution in [3.63, 3.8) is 0 Å². The Morgan fingerprint density at radius 1 is 1.39 bits per heavy atom. The summed E-state index contributed by atoms with van der Waals surface area (Å²) in [5, 5.41) is 8.96. The lowest BCUT2D eigenvalue weighted by Gasteiger charge is -2.33. The van der Waals surface area contributed by atoms with Crippen LogP contribution < -0.4 is 4.90 Å². The monoisotopic (exact) mass is 253 g/mol. The first-order chi connectivity index (χ1) is 8.74. The topological polar surface area (TPSA) is 32.7 Å². The number of benzene rings is 1. The molecule has 0 amide bonds. The lowest BCUT2D eigenvalue weighted by molar-refractivity contribution is 0.139. The van der Waals surface area contributed by atoms with Crippen LogP contribution in [0.2, 0.25) is 0 Å². The molecule has 0 bridgehead atoms. The third-order valence-corrected chi connectivity index (χ3v) is 3.55. The molecule has 1 aliphatic rings. The second-order valence-electron chi connectivity index (χ2n) is 4.83. The normalized spacial score (nSPS) is 17.2. The maximum Gasteiger partial charge on any atom is 0.146 e. The third kappa shape index (κ3) is 3.00. The minimum Gasteiger partial charge on any atom is -0.392 e. The van der Waals surface area contributed by atoms with Crippen molar-refractivity contribution >= 4 is 5.69 Å². The van der Waals surface area contributed by atoms with Gasteiger partial charge in [-0.2, -0.15) is 0 Å². The second-order valence-corrected chi connectivity index (χ2v) is 4.83. The summed E-state index contributed by atoms with van der Waals surface area (Å²) in [6.07, 6.45) is 2.07. The number of halogens is 1. The van der Waals surface area contributed by atoms with Gasteiger partial charge in [-0.05, 0) is 36.5 Å². The molecule has 1 fully saturated rings. The maximum atomic E-state index is 13.9. The molecule has 2 rings (SSSR count). The highest BCUT2D eigenvalue weighted by Crippen LogP contribution is 2.26. The van der Waals surface area contributed by atoms with Crippen LogP contribution in [0.5, 0.6) is 0 Å². The molecule has 0 radical (unpaired) electrons. The predicted octanol–water partition coefficient (Wildman–Crippen LogP) is 2.18. The lowest BCUT2D eigenvalue weighted by Crippen LogP contribution is -2.35. The van der Waals surface area contributed by atoms with Crippen molar-refractivity contribution in [2.75, 3.05) is 31.7 Å². The van der Waals surface area contributed by atoms with Crippen LogP contribution in [0, 0.1) is 11.7 Å². The van der Waals surface area contributed by atoms with E-state index < -0.39 is 0 Å². The van der Waals surface area contributed by atoms with Crippen LogP contribution in [0.4, 0.5) is 10.1 Å². The van der Waals surface area contributed by atoms with Gasteiger partial charge < -0.3 is 14.7 Å². The zero-order chi connectivity index (χ0) is 13.0. The van der Waals surface area contributed by atoms with Crippen LogP contribution in [-0.4, -0.2) is 31.9 Å². The van der Waals surface area contributed by atoms with Gasteiger partial charge in [0.05, 0.1) is 12.3 Å². The highest BCUT2D eigenvalue weighted by atomic mass is 19.1. The average Bonchev–Trinajstić information content (AvgIpc) is 2.40. The maximum absolute atomic E-state index is 13.9. The van der Waals surface area contributed by atoms with Crippen LogP contribution in [0.3, 0.4) is 0 Å². The fourth-order valence-corrected chi connectivity index (χ4v) is 2.48. The smallest absolute Gasteiger partial charge is 0.146 e. The molecule has 100 valence electrons. The third-order valence-electron chi connectivity index (χ3n) is 3.55. The number of methoxy groups -OCH3 is 1. The van der Waals surface area contributed by atoms with Gasteiger partial charge in [0.25, 0.3) is 0 Å². The molecule has 0 aromatic heterocycles. The molecule has 0 saturated carbocycles. The van der Waals surface area contributed by atoms with Crippen molar-refractivity contribution in [1.29, 1.82) is 0 Å². The van der Waals surface area contributed by atoms with E-state index in [1.54, 1.807) is 19.2 Å². The van der Waals surface area contributed by atoms with Gasteiger partial charge in [0.1, 0.15) is 5.82 Å². The predicted molar refractivity (Wildman–Crippen MR) is 69.1 cm³/mol. The number of hydrogen-bond donors (Lipinski definition) is 1. The van der Waals surface area contributed by atoms with E-state index in [4.69, 9.17) is 9.84 Å². The summed E-state index contributed by atoms with van der Waals surface area (Å²) >= 11 is 0. The van der Waals surface area contributed by atoms with Crippen LogP contribution in [0.15, 0.2) is 18.2 Å². The van der Waals surface area contributed by atoms with Gasteiger partial charge in [0.2, 0.25) is 0 Å². The van der Waals surface area contributed by atoms with E-state index in [2.05, 4.69) is 4.90 Å². The van der Waals surface area contributed by atoms with Gasteiger partial charge in [0.15, 0.2) is 0 Å². The number of aliphatic hydroxyl groups is 1. The van der Waals surface area contributed by atoms with Crippen molar-refractivity contribution in [2.24, 2.45) is 5.92 Å². The number of anilines is 1. The molecule has 1 aromatic carbocycles. The molecule has 1 aromatic rings. The number of aliphatic hydroxyl groups excluding tert-OH is 1. The Balaban J connectivity index is 2.01. The minimum atomic E-state index is -0.244. The zero-order valence-corrected chi connectivity index (χ0v) is 10.7. The molecule has 3 nitrogen and oxygen atoms in total. The zero-order valence-electron chi connectivity index (χ0n) is 10.7. The van der Waals surface area contributed by atoms with E-state index in [1.807, 2.05) is 0 Å². The fraction of sp³-hybridized carbons (Fsp3) is 0.571. The van der Waals surface area contributed by atoms with Crippen molar-refractivity contribution in [3.05, 3.63) is 29.6 Å². The number of nitrogens with zero attached hydrogens (tertiary/aromatic N) is 1. The Bertz CT molecular complexity index is 389. The van der Waals surface area contributed by atoms with Gasteiger partial charge >= 0.3 is 0 Å². The minimum absolute atomic E-state index is 0.118. The van der Waals surface area contributed by atoms with Gasteiger partial charge in [-0.3, -0.25) is 0 Å². The molecular weight excluding hydrogens is 233 g/mol. The number of ether oxygens (including phenoxy) is 1. The molecule has 4 heteroatoms. The van der Waals surface area contributed by atoms with Gasteiger partial charge in [-0.25, -0.2) is 4.39 Å². The molecule has 0 aliphatic carbocycles. The van der Waals surface area contributed by atoms with Gasteiger partial charge in [-0.1, -0.05) is 6.07 Å². The first-order valence-corrected chi connectivity index (χ1v) is 6.37. The van der Waals surface area contributed by atoms with Crippen molar-refractivity contribution < 1.29 is 14.2 Å². The summed E-state index contributed by atoms with van der Waals surface area (Å²) in [5.41, 5.74) is 1.26. The molecule has 18 heavy (non-hydrogen) atoms. The first kappa shape index (κ1) is 13.3. The van der Waals surface area contributed by atoms with Crippen LogP contribution >= 0.6 is 0 Å². The molecule has 1 aliphatic heterocycles. The summed E-state index contributed by atoms with van der Waals surface area (Å²) in [5.74, 6) is 0.345. The SMILES string of the molecule is COCC1CCN(c2ccc(CO)cc2F)CC1. The highest BCUT2D eigenvalue weighted by molar-refractivity contribution is 5.49. The molecule has 0 atom stereocenters. The summed E-state index contributed by atoms with van der Waals surface area (Å²) in [7, 11) is 1.72. The Labute approximate surface area is 107 Å². The Kier molecular flexibility index (Phi) is 4.55. The van der Waals surface area contributed by atoms with Gasteiger partial charge in [-0.15, -0.1) is 0 Å². The van der Waals surface area contributed by atoms with Crippen molar-refractivity contribution in [2.45, 2.75) is 19.4 Å². The Morgan fingerprint density at radius 3 is 2.67 bits per heavy atom. The first-order valence-electron chi connectivity index (χ1n) is 6.37. The summed E-state index contributed by atoms with van der Waals surface area (Å²) < 4.78 is 19.0. The van der Waals surface area contributed by atoms with E-state index in [0.717, 1.165) is 32.5 Å². The van der Waals surface area contributed by atoms with Crippen LogP contribution in [-0.2, 0) is 11.3 Å². The van der Waals surface area contributed by atoms with E-state index in [9.17, 15) is 4.39 Å². The summed E-state index contributed by atoms with van der Waals surface area (Å²) in [4.78, 5) is 2.07. The van der Waals surface area contributed by atoms with Crippen LogP contribution in [0.25, 0.3) is 0 Å². The van der Waals surface area contributed by atoms with E-state index >= 15 is 0 Å². The Hall–Kier alpha value is -1.13. The molecule has 0 spiro atoms. The number of piperidine rings is 1. The number of rotatable bonds is 4. The Morgan fingerprint density at radius 2 is 2.11 bits per heavy atom. The largest absolute Gasteiger partial charge is 0.392 e. The fourth-order valence-electron chi connectivity index (χ4n) is 2.48. The van der Waals surface area contributed by atoms with Crippen molar-refractivity contribution in [1.82, 2.24) is 0 Å².